The Balaban J connectivity index is 2.86. The molecule has 0 aliphatic rings. The first-order valence-corrected chi connectivity index (χ1v) is 4.75. The van der Waals surface area contributed by atoms with Crippen molar-refractivity contribution in [3.63, 3.8) is 0 Å². The average Bonchev–Trinajstić information content (AvgIpc) is 2.72. The molecule has 2 N–H and O–H groups in total. The third-order valence-electron chi connectivity index (χ3n) is 1.88. The Bertz CT molecular complexity index is 373. The van der Waals surface area contributed by atoms with E-state index in [4.69, 9.17) is 17.3 Å². The second kappa shape index (κ2) is 5.53. The molecule has 1 rings (SSSR count). The third kappa shape index (κ3) is 2.81. The van der Waals surface area contributed by atoms with Crippen molar-refractivity contribution in [3.05, 3.63) is 29.1 Å². The first-order chi connectivity index (χ1) is 7.22. The molecule has 0 bridgehead atoms. The maximum absolute atomic E-state index is 11.3. The number of hydrogen-bond acceptors (Lipinski definition) is 4. The Morgan fingerprint density at radius 2 is 2.53 bits per heavy atom. The Morgan fingerprint density at radius 3 is 3.07 bits per heavy atom. The molecule has 0 saturated carbocycles. The van der Waals surface area contributed by atoms with Crippen LogP contribution in [-0.2, 0) is 11.3 Å². The number of carbonyl (C=O) groups is 1. The number of methoxy groups -OCH3 is 1. The van der Waals surface area contributed by atoms with Crippen LogP contribution in [0.3, 0.4) is 0 Å². The molecule has 1 aromatic heterocycles. The zero-order valence-corrected chi connectivity index (χ0v) is 9.07. The molecule has 0 spiro atoms. The van der Waals surface area contributed by atoms with Crippen LogP contribution in [0.15, 0.2) is 23.4 Å². The predicted octanol–water partition coefficient (Wildman–Crippen LogP) is 0.751. The van der Waals surface area contributed by atoms with E-state index in [2.05, 4.69) is 9.84 Å². The summed E-state index contributed by atoms with van der Waals surface area (Å²) < 4.78 is 6.09. The van der Waals surface area contributed by atoms with Gasteiger partial charge in [0.2, 0.25) is 0 Å². The molecule has 0 radical (unpaired) electrons. The van der Waals surface area contributed by atoms with Gasteiger partial charge in [0.25, 0.3) is 0 Å². The molecular formula is C9H12ClN3O2. The van der Waals surface area contributed by atoms with Crippen molar-refractivity contribution in [2.45, 2.75) is 6.54 Å². The van der Waals surface area contributed by atoms with Crippen molar-refractivity contribution < 1.29 is 9.53 Å². The van der Waals surface area contributed by atoms with Gasteiger partial charge in [-0.1, -0.05) is 11.6 Å². The van der Waals surface area contributed by atoms with E-state index in [1.165, 1.54) is 23.5 Å². The van der Waals surface area contributed by atoms with E-state index in [0.29, 0.717) is 18.8 Å². The molecule has 6 heteroatoms. The fourth-order valence-corrected chi connectivity index (χ4v) is 1.23. The molecule has 0 atom stereocenters. The SMILES string of the molecule is COC(=O)c1ccnn1CC(=CCl)CN. The third-order valence-corrected chi connectivity index (χ3v) is 2.19. The number of hydrogen-bond donors (Lipinski definition) is 1. The van der Waals surface area contributed by atoms with Gasteiger partial charge < -0.3 is 10.5 Å². The molecule has 0 aliphatic heterocycles. The van der Waals surface area contributed by atoms with E-state index < -0.39 is 5.97 Å². The lowest BCUT2D eigenvalue weighted by atomic mass is 10.3. The summed E-state index contributed by atoms with van der Waals surface area (Å²) in [5.41, 5.74) is 8.00. The normalized spacial score (nSPS) is 11.5. The van der Waals surface area contributed by atoms with Crippen LogP contribution >= 0.6 is 11.6 Å². The van der Waals surface area contributed by atoms with Gasteiger partial charge in [0.1, 0.15) is 5.69 Å². The average molecular weight is 230 g/mol. The van der Waals surface area contributed by atoms with Gasteiger partial charge in [-0.15, -0.1) is 0 Å². The zero-order valence-electron chi connectivity index (χ0n) is 8.31. The monoisotopic (exact) mass is 229 g/mol. The van der Waals surface area contributed by atoms with Crippen LogP contribution in [0, 0.1) is 0 Å². The van der Waals surface area contributed by atoms with Crippen molar-refractivity contribution in [2.75, 3.05) is 13.7 Å². The minimum Gasteiger partial charge on any atom is -0.464 e. The van der Waals surface area contributed by atoms with Crippen molar-refractivity contribution in [3.8, 4) is 0 Å². The van der Waals surface area contributed by atoms with E-state index >= 15 is 0 Å². The highest BCUT2D eigenvalue weighted by atomic mass is 35.5. The minimum atomic E-state index is -0.432. The van der Waals surface area contributed by atoms with Gasteiger partial charge in [-0.2, -0.15) is 5.10 Å². The maximum Gasteiger partial charge on any atom is 0.356 e. The van der Waals surface area contributed by atoms with E-state index in [0.717, 1.165) is 5.57 Å². The van der Waals surface area contributed by atoms with Gasteiger partial charge in [-0.05, 0) is 11.6 Å². The van der Waals surface area contributed by atoms with Crippen LogP contribution in [0.25, 0.3) is 0 Å². The molecule has 0 aliphatic carbocycles. The number of rotatable bonds is 4. The molecule has 0 fully saturated rings. The number of aromatic nitrogens is 2. The van der Waals surface area contributed by atoms with Crippen molar-refractivity contribution >= 4 is 17.6 Å². The summed E-state index contributed by atoms with van der Waals surface area (Å²) in [7, 11) is 1.32. The Hall–Kier alpha value is -1.33. The van der Waals surface area contributed by atoms with Crippen molar-refractivity contribution in [1.82, 2.24) is 9.78 Å². The van der Waals surface area contributed by atoms with Crippen molar-refractivity contribution in [1.29, 1.82) is 0 Å². The standard InChI is InChI=1S/C9H12ClN3O2/c1-15-9(14)8-2-3-12-13(8)6-7(4-10)5-11/h2-4H,5-6,11H2,1H3. The Morgan fingerprint density at radius 1 is 1.80 bits per heavy atom. The van der Waals surface area contributed by atoms with Gasteiger partial charge in [-0.3, -0.25) is 4.68 Å². The molecule has 15 heavy (non-hydrogen) atoms. The van der Waals surface area contributed by atoms with Crippen LogP contribution in [-0.4, -0.2) is 29.4 Å². The van der Waals surface area contributed by atoms with Crippen molar-refractivity contribution in [2.24, 2.45) is 5.73 Å². The van der Waals surface area contributed by atoms with Gasteiger partial charge >= 0.3 is 5.97 Å². The smallest absolute Gasteiger partial charge is 0.356 e. The Kier molecular flexibility index (Phi) is 4.33. The number of nitrogens with two attached hydrogens (primary N) is 1. The van der Waals surface area contributed by atoms with Gasteiger partial charge in [0, 0.05) is 18.3 Å². The van der Waals surface area contributed by atoms with Gasteiger partial charge in [0.05, 0.1) is 13.7 Å². The van der Waals surface area contributed by atoms with Crippen LogP contribution in [0.4, 0.5) is 0 Å². The van der Waals surface area contributed by atoms with Crippen LogP contribution < -0.4 is 5.73 Å². The highest BCUT2D eigenvalue weighted by Gasteiger charge is 2.12. The lowest BCUT2D eigenvalue weighted by Gasteiger charge is -2.06. The lowest BCUT2D eigenvalue weighted by molar-refractivity contribution is 0.0587. The Labute approximate surface area is 92.5 Å². The summed E-state index contributed by atoms with van der Waals surface area (Å²) in [6.45, 7) is 0.710. The molecule has 1 heterocycles. The summed E-state index contributed by atoms with van der Waals surface area (Å²) in [4.78, 5) is 11.3. The first kappa shape index (κ1) is 11.7. The summed E-state index contributed by atoms with van der Waals surface area (Å²) in [6, 6.07) is 1.58. The number of nitrogens with zero attached hydrogens (tertiary/aromatic N) is 2. The summed E-state index contributed by atoms with van der Waals surface area (Å²) in [5.74, 6) is -0.432. The lowest BCUT2D eigenvalue weighted by Crippen LogP contribution is -2.16. The van der Waals surface area contributed by atoms with E-state index in [1.54, 1.807) is 6.07 Å². The molecule has 82 valence electrons. The highest BCUT2D eigenvalue weighted by Crippen LogP contribution is 2.05. The number of esters is 1. The summed E-state index contributed by atoms with van der Waals surface area (Å²) in [5, 5.41) is 3.98. The van der Waals surface area contributed by atoms with Crippen LogP contribution in [0.2, 0.25) is 0 Å². The largest absolute Gasteiger partial charge is 0.464 e. The topological polar surface area (TPSA) is 70.1 Å². The number of ether oxygens (including phenoxy) is 1. The second-order valence-corrected chi connectivity index (χ2v) is 3.06. The molecule has 0 aromatic carbocycles. The highest BCUT2D eigenvalue weighted by molar-refractivity contribution is 6.25. The molecule has 0 amide bonds. The second-order valence-electron chi connectivity index (χ2n) is 2.84. The quantitative estimate of drug-likeness (QED) is 0.774. The zero-order chi connectivity index (χ0) is 11.3. The maximum atomic E-state index is 11.3. The molecular weight excluding hydrogens is 218 g/mol. The fraction of sp³-hybridized carbons (Fsp3) is 0.333. The summed E-state index contributed by atoms with van der Waals surface area (Å²) >= 11 is 5.55. The number of halogens is 1. The molecule has 0 unspecified atom stereocenters. The fourth-order valence-electron chi connectivity index (χ4n) is 1.07. The molecule has 0 saturated heterocycles. The van der Waals surface area contributed by atoms with Crippen LogP contribution in [0.5, 0.6) is 0 Å². The molecule has 1 aromatic rings. The number of carbonyl (C=O) groups excluding carboxylic acids is 1. The first-order valence-electron chi connectivity index (χ1n) is 4.31. The molecule has 5 nitrogen and oxygen atoms in total. The van der Waals surface area contributed by atoms with E-state index in [1.807, 2.05) is 0 Å². The van der Waals surface area contributed by atoms with E-state index in [-0.39, 0.29) is 0 Å². The predicted molar refractivity (Wildman–Crippen MR) is 56.6 cm³/mol. The van der Waals surface area contributed by atoms with E-state index in [9.17, 15) is 4.79 Å². The van der Waals surface area contributed by atoms with Crippen LogP contribution in [0.1, 0.15) is 10.5 Å². The van der Waals surface area contributed by atoms with Gasteiger partial charge in [0.15, 0.2) is 0 Å². The minimum absolute atomic E-state index is 0.323. The summed E-state index contributed by atoms with van der Waals surface area (Å²) in [6.07, 6.45) is 1.52. The van der Waals surface area contributed by atoms with Gasteiger partial charge in [-0.25, -0.2) is 4.79 Å².